The number of nitrogens with zero attached hydrogens (tertiary/aromatic N) is 2. The highest BCUT2D eigenvalue weighted by Crippen LogP contribution is 2.22. The highest BCUT2D eigenvalue weighted by atomic mass is 35.5. The largest absolute Gasteiger partial charge is 0.338 e. The molecule has 1 amide bonds. The molecule has 2 rings (SSSR count). The Morgan fingerprint density at radius 1 is 1.25 bits per heavy atom. The molecule has 0 spiro atoms. The number of carbonyl (C=O) groups excluding carboxylic acids is 1. The fourth-order valence-electron chi connectivity index (χ4n) is 3.42. The van der Waals surface area contributed by atoms with Gasteiger partial charge >= 0.3 is 0 Å². The van der Waals surface area contributed by atoms with Crippen molar-refractivity contribution in [1.29, 1.82) is 0 Å². The summed E-state index contributed by atoms with van der Waals surface area (Å²) in [7, 11) is 4.19. The Morgan fingerprint density at radius 3 is 2.60 bits per heavy atom. The van der Waals surface area contributed by atoms with Crippen LogP contribution in [-0.2, 0) is 4.79 Å². The fourth-order valence-corrected chi connectivity index (χ4v) is 3.42. The predicted molar refractivity (Wildman–Crippen MR) is 85.4 cm³/mol. The maximum atomic E-state index is 12.4. The van der Waals surface area contributed by atoms with Crippen LogP contribution in [0.25, 0.3) is 0 Å². The summed E-state index contributed by atoms with van der Waals surface area (Å²) in [6.07, 6.45) is 6.69. The molecule has 2 saturated heterocycles. The second-order valence-corrected chi connectivity index (χ2v) is 6.38. The molecule has 0 aromatic heterocycles. The van der Waals surface area contributed by atoms with Crippen LogP contribution in [0.15, 0.2) is 0 Å². The topological polar surface area (TPSA) is 35.6 Å². The Bertz CT molecular complexity index is 293. The van der Waals surface area contributed by atoms with E-state index in [9.17, 15) is 4.79 Å². The molecule has 0 radical (unpaired) electrons. The molecule has 2 aliphatic rings. The average Bonchev–Trinajstić information content (AvgIpc) is 2.84. The van der Waals surface area contributed by atoms with Gasteiger partial charge in [-0.15, -0.1) is 12.4 Å². The van der Waals surface area contributed by atoms with Crippen LogP contribution in [0, 0.1) is 5.92 Å². The molecular weight excluding hydrogens is 274 g/mol. The number of hydrogen-bond acceptors (Lipinski definition) is 3. The maximum absolute atomic E-state index is 12.4. The zero-order valence-corrected chi connectivity index (χ0v) is 13.8. The second-order valence-electron chi connectivity index (χ2n) is 6.38. The minimum atomic E-state index is 0. The standard InChI is InChI=1S/C15H29N3O.ClH/c1-17(2)12-14-4-3-11-18(14)15(19)6-5-13-7-9-16-10-8-13;/h13-14,16H,3-12H2,1-2H3;1H. The van der Waals surface area contributed by atoms with Gasteiger partial charge < -0.3 is 15.1 Å². The van der Waals surface area contributed by atoms with E-state index in [1.54, 1.807) is 0 Å². The van der Waals surface area contributed by atoms with Crippen molar-refractivity contribution >= 4 is 18.3 Å². The number of rotatable bonds is 5. The molecule has 2 fully saturated rings. The Balaban J connectivity index is 0.00000200. The van der Waals surface area contributed by atoms with E-state index in [0.29, 0.717) is 11.9 Å². The molecule has 4 nitrogen and oxygen atoms in total. The van der Waals surface area contributed by atoms with Crippen molar-refractivity contribution in [3.05, 3.63) is 0 Å². The first-order chi connectivity index (χ1) is 9.16. The SMILES string of the molecule is CN(C)CC1CCCN1C(=O)CCC1CCNCC1.Cl. The van der Waals surface area contributed by atoms with Crippen molar-refractivity contribution in [1.82, 2.24) is 15.1 Å². The van der Waals surface area contributed by atoms with Crippen molar-refractivity contribution in [2.75, 3.05) is 40.3 Å². The van der Waals surface area contributed by atoms with E-state index in [1.807, 2.05) is 0 Å². The highest BCUT2D eigenvalue weighted by molar-refractivity contribution is 5.85. The molecule has 118 valence electrons. The highest BCUT2D eigenvalue weighted by Gasteiger charge is 2.29. The maximum Gasteiger partial charge on any atom is 0.222 e. The van der Waals surface area contributed by atoms with Crippen LogP contribution in [0.5, 0.6) is 0 Å². The van der Waals surface area contributed by atoms with Crippen molar-refractivity contribution in [2.24, 2.45) is 5.92 Å². The Kier molecular flexibility index (Phi) is 7.85. The van der Waals surface area contributed by atoms with E-state index in [1.165, 1.54) is 25.7 Å². The quantitative estimate of drug-likeness (QED) is 0.840. The monoisotopic (exact) mass is 303 g/mol. The van der Waals surface area contributed by atoms with E-state index < -0.39 is 0 Å². The zero-order valence-electron chi connectivity index (χ0n) is 12.9. The minimum absolute atomic E-state index is 0. The molecular formula is C15H30ClN3O. The van der Waals surface area contributed by atoms with Crippen LogP contribution in [-0.4, -0.2) is 62.0 Å². The van der Waals surface area contributed by atoms with Crippen LogP contribution < -0.4 is 5.32 Å². The first-order valence-corrected chi connectivity index (χ1v) is 7.81. The van der Waals surface area contributed by atoms with Crippen LogP contribution in [0.4, 0.5) is 0 Å². The van der Waals surface area contributed by atoms with Gasteiger partial charge in [-0.25, -0.2) is 0 Å². The summed E-state index contributed by atoms with van der Waals surface area (Å²) in [4.78, 5) is 16.7. The first kappa shape index (κ1) is 17.7. The molecule has 5 heteroatoms. The normalized spacial score (nSPS) is 23.9. The lowest BCUT2D eigenvalue weighted by atomic mass is 9.93. The Labute approximate surface area is 129 Å². The van der Waals surface area contributed by atoms with E-state index in [2.05, 4.69) is 29.2 Å². The van der Waals surface area contributed by atoms with Gasteiger partial charge in [0.05, 0.1) is 0 Å². The molecule has 0 aromatic rings. The molecule has 2 heterocycles. The lowest BCUT2D eigenvalue weighted by Gasteiger charge is -2.28. The first-order valence-electron chi connectivity index (χ1n) is 7.81. The molecule has 1 N–H and O–H groups in total. The molecule has 0 bridgehead atoms. The van der Waals surface area contributed by atoms with Gasteiger partial charge in [-0.05, 0) is 65.2 Å². The molecule has 1 unspecified atom stereocenters. The summed E-state index contributed by atoms with van der Waals surface area (Å²) in [6, 6.07) is 0.454. The van der Waals surface area contributed by atoms with Crippen molar-refractivity contribution in [2.45, 2.75) is 44.6 Å². The van der Waals surface area contributed by atoms with Gasteiger partial charge in [0.25, 0.3) is 0 Å². The average molecular weight is 304 g/mol. The van der Waals surface area contributed by atoms with Crippen molar-refractivity contribution in [3.63, 3.8) is 0 Å². The number of halogens is 1. The number of carbonyl (C=O) groups is 1. The number of nitrogens with one attached hydrogen (secondary N) is 1. The second kappa shape index (κ2) is 8.85. The van der Waals surface area contributed by atoms with Crippen molar-refractivity contribution in [3.8, 4) is 0 Å². The van der Waals surface area contributed by atoms with E-state index >= 15 is 0 Å². The number of likely N-dealkylation sites (tertiary alicyclic amines) is 1. The summed E-state index contributed by atoms with van der Waals surface area (Å²) in [5.74, 6) is 1.16. The van der Waals surface area contributed by atoms with E-state index in [-0.39, 0.29) is 12.4 Å². The van der Waals surface area contributed by atoms with Crippen LogP contribution in [0.3, 0.4) is 0 Å². The van der Waals surface area contributed by atoms with Gasteiger partial charge in [0.2, 0.25) is 5.91 Å². The predicted octanol–water partition coefficient (Wildman–Crippen LogP) is 1.74. The molecule has 1 atom stereocenters. The third kappa shape index (κ3) is 5.23. The summed E-state index contributed by atoms with van der Waals surface area (Å²) in [5.41, 5.74) is 0. The van der Waals surface area contributed by atoms with Crippen molar-refractivity contribution < 1.29 is 4.79 Å². The molecule has 2 aliphatic heterocycles. The zero-order chi connectivity index (χ0) is 13.7. The van der Waals surface area contributed by atoms with Gasteiger partial charge in [0.15, 0.2) is 0 Å². The summed E-state index contributed by atoms with van der Waals surface area (Å²) < 4.78 is 0. The molecule has 0 aromatic carbocycles. The van der Waals surface area contributed by atoms with Gasteiger partial charge in [-0.2, -0.15) is 0 Å². The minimum Gasteiger partial charge on any atom is -0.338 e. The Hall–Kier alpha value is -0.320. The Morgan fingerprint density at radius 2 is 1.95 bits per heavy atom. The molecule has 0 saturated carbocycles. The van der Waals surface area contributed by atoms with E-state index in [4.69, 9.17) is 0 Å². The number of likely N-dealkylation sites (N-methyl/N-ethyl adjacent to an activating group) is 1. The van der Waals surface area contributed by atoms with Crippen LogP contribution in [0.1, 0.15) is 38.5 Å². The number of hydrogen-bond donors (Lipinski definition) is 1. The fraction of sp³-hybridized carbons (Fsp3) is 0.933. The van der Waals surface area contributed by atoms with Gasteiger partial charge in [-0.1, -0.05) is 0 Å². The molecule has 0 aliphatic carbocycles. The number of amides is 1. The molecule has 20 heavy (non-hydrogen) atoms. The third-order valence-electron chi connectivity index (χ3n) is 4.50. The van der Waals surface area contributed by atoms with Crippen LogP contribution >= 0.6 is 12.4 Å². The van der Waals surface area contributed by atoms with Gasteiger partial charge in [0.1, 0.15) is 0 Å². The van der Waals surface area contributed by atoms with Gasteiger partial charge in [0, 0.05) is 25.6 Å². The summed E-state index contributed by atoms with van der Waals surface area (Å²) in [5, 5.41) is 3.39. The van der Waals surface area contributed by atoms with Crippen LogP contribution in [0.2, 0.25) is 0 Å². The lowest BCUT2D eigenvalue weighted by molar-refractivity contribution is -0.132. The third-order valence-corrected chi connectivity index (χ3v) is 4.50. The smallest absolute Gasteiger partial charge is 0.222 e. The lowest BCUT2D eigenvalue weighted by Crippen LogP contribution is -2.41. The number of piperidine rings is 1. The summed E-state index contributed by atoms with van der Waals surface area (Å²) >= 11 is 0. The van der Waals surface area contributed by atoms with Gasteiger partial charge in [-0.3, -0.25) is 4.79 Å². The van der Waals surface area contributed by atoms with E-state index in [0.717, 1.165) is 44.9 Å². The summed E-state index contributed by atoms with van der Waals surface area (Å²) in [6.45, 7) is 4.25.